The van der Waals surface area contributed by atoms with E-state index in [1.165, 1.54) is 0 Å². The zero-order valence-corrected chi connectivity index (χ0v) is 13.7. The van der Waals surface area contributed by atoms with Crippen LogP contribution >= 0.6 is 0 Å². The van der Waals surface area contributed by atoms with Crippen LogP contribution in [-0.2, 0) is 16.1 Å². The average Bonchev–Trinajstić information content (AvgIpc) is 3.29. The number of hydrogen-bond donors (Lipinski definition) is 2. The minimum absolute atomic E-state index is 0.0523. The number of nitrogens with two attached hydrogens (primary N) is 1. The molecule has 1 aromatic rings. The molecule has 1 saturated carbocycles. The van der Waals surface area contributed by atoms with Gasteiger partial charge >= 0.3 is 0 Å². The maximum Gasteiger partial charge on any atom is 0.227 e. The number of anilines is 1. The summed E-state index contributed by atoms with van der Waals surface area (Å²) in [5.74, 6) is 0.811. The monoisotopic (exact) mass is 325 g/mol. The number of carbonyl (C=O) groups excluding carboxylic acids is 2. The molecule has 2 fully saturated rings. The molecule has 0 radical (unpaired) electrons. The Morgan fingerprint density at radius 1 is 1.21 bits per heavy atom. The van der Waals surface area contributed by atoms with E-state index in [-0.39, 0.29) is 23.8 Å². The Morgan fingerprint density at radius 2 is 1.96 bits per heavy atom. The van der Waals surface area contributed by atoms with Crippen LogP contribution in [0.3, 0.4) is 0 Å². The molecule has 1 saturated heterocycles. The number of benzene rings is 1. The number of nitrogens with zero attached hydrogens (tertiary/aromatic N) is 1. The number of hydrogen-bond acceptors (Lipinski definition) is 3. The fourth-order valence-corrected chi connectivity index (χ4v) is 4.25. The van der Waals surface area contributed by atoms with Crippen molar-refractivity contribution in [1.29, 1.82) is 0 Å². The molecule has 126 valence electrons. The first-order valence-electron chi connectivity index (χ1n) is 8.74. The van der Waals surface area contributed by atoms with Gasteiger partial charge in [0.2, 0.25) is 11.8 Å². The van der Waals surface area contributed by atoms with Crippen LogP contribution < -0.4 is 16.0 Å². The van der Waals surface area contributed by atoms with Crippen molar-refractivity contribution in [2.75, 3.05) is 11.4 Å². The fraction of sp³-hybridized carbons (Fsp3) is 0.474. The summed E-state index contributed by atoms with van der Waals surface area (Å²) in [6, 6.07) is 7.81. The van der Waals surface area contributed by atoms with Gasteiger partial charge < -0.3 is 16.0 Å². The second kappa shape index (κ2) is 6.06. The van der Waals surface area contributed by atoms with Gasteiger partial charge in [-0.3, -0.25) is 9.59 Å². The number of rotatable bonds is 4. The molecule has 2 aliphatic carbocycles. The number of fused-ring (bicyclic) bond motifs is 2. The lowest BCUT2D eigenvalue weighted by Crippen LogP contribution is -2.43. The second-order valence-electron chi connectivity index (χ2n) is 7.08. The smallest absolute Gasteiger partial charge is 0.227 e. The molecule has 4 atom stereocenters. The van der Waals surface area contributed by atoms with Crippen molar-refractivity contribution in [3.8, 4) is 0 Å². The number of allylic oxidation sites excluding steroid dienone is 1. The number of carbonyl (C=O) groups is 2. The van der Waals surface area contributed by atoms with E-state index in [4.69, 9.17) is 5.73 Å². The summed E-state index contributed by atoms with van der Waals surface area (Å²) >= 11 is 0. The molecule has 3 N–H and O–H groups in total. The van der Waals surface area contributed by atoms with Crippen LogP contribution in [0.1, 0.15) is 24.8 Å². The summed E-state index contributed by atoms with van der Waals surface area (Å²) in [6.45, 7) is 1.29. The maximum absolute atomic E-state index is 12.5. The standard InChI is InChI=1S/C19H23N3O2/c20-18-14-6-5-13(10-14)17(18)19(24)21-11-12-3-7-15(8-4-12)22-9-1-2-16(22)23/h3-8,13-14,17-18H,1-2,9-11,20H2,(H,21,24)/t13-,14+,17-,18+/m1/s1. The third-order valence-electron chi connectivity index (χ3n) is 5.61. The van der Waals surface area contributed by atoms with Gasteiger partial charge in [0.05, 0.1) is 5.92 Å². The van der Waals surface area contributed by atoms with Gasteiger partial charge in [-0.05, 0) is 42.4 Å². The summed E-state index contributed by atoms with van der Waals surface area (Å²) in [7, 11) is 0. The van der Waals surface area contributed by atoms with E-state index in [1.54, 1.807) is 0 Å². The zero-order valence-electron chi connectivity index (χ0n) is 13.7. The van der Waals surface area contributed by atoms with Crippen LogP contribution in [0.2, 0.25) is 0 Å². The van der Waals surface area contributed by atoms with Crippen molar-refractivity contribution in [2.45, 2.75) is 31.8 Å². The molecule has 5 heteroatoms. The number of nitrogens with one attached hydrogen (secondary N) is 1. The van der Waals surface area contributed by atoms with Crippen LogP contribution in [0.5, 0.6) is 0 Å². The SMILES string of the molecule is N[C@@H]1[C@H](C(=O)NCc2ccc(N3CCCC3=O)cc2)[C@@H]2C=C[C@H]1C2. The first-order chi connectivity index (χ1) is 11.6. The molecule has 0 aromatic heterocycles. The lowest BCUT2D eigenvalue weighted by Gasteiger charge is -2.23. The quantitative estimate of drug-likeness (QED) is 0.825. The minimum atomic E-state index is -0.0958. The van der Waals surface area contributed by atoms with E-state index in [2.05, 4.69) is 17.5 Å². The van der Waals surface area contributed by atoms with Gasteiger partial charge in [0.1, 0.15) is 0 Å². The van der Waals surface area contributed by atoms with Crippen molar-refractivity contribution in [2.24, 2.45) is 23.5 Å². The van der Waals surface area contributed by atoms with Gasteiger partial charge in [-0.1, -0.05) is 24.3 Å². The maximum atomic E-state index is 12.5. The summed E-state index contributed by atoms with van der Waals surface area (Å²) in [4.78, 5) is 26.0. The predicted octanol–water partition coefficient (Wildman–Crippen LogP) is 1.58. The largest absolute Gasteiger partial charge is 0.352 e. The summed E-state index contributed by atoms with van der Waals surface area (Å²) in [5, 5.41) is 3.02. The van der Waals surface area contributed by atoms with E-state index >= 15 is 0 Å². The Bertz CT molecular complexity index is 682. The minimum Gasteiger partial charge on any atom is -0.352 e. The van der Waals surface area contributed by atoms with Crippen molar-refractivity contribution in [3.63, 3.8) is 0 Å². The molecule has 1 aliphatic heterocycles. The van der Waals surface area contributed by atoms with Crippen molar-refractivity contribution in [1.82, 2.24) is 5.32 Å². The van der Waals surface area contributed by atoms with E-state index in [0.717, 1.165) is 30.6 Å². The fourth-order valence-electron chi connectivity index (χ4n) is 4.25. The van der Waals surface area contributed by atoms with Gasteiger partial charge in [0.25, 0.3) is 0 Å². The summed E-state index contributed by atoms with van der Waals surface area (Å²) in [5.41, 5.74) is 8.16. The first kappa shape index (κ1) is 15.4. The first-order valence-corrected chi connectivity index (χ1v) is 8.74. The molecule has 3 aliphatic rings. The normalized spacial score (nSPS) is 31.0. The Morgan fingerprint density at radius 3 is 2.58 bits per heavy atom. The topological polar surface area (TPSA) is 75.4 Å². The van der Waals surface area contributed by atoms with Gasteiger partial charge in [-0.15, -0.1) is 0 Å². The Balaban J connectivity index is 1.35. The molecule has 1 heterocycles. The van der Waals surface area contributed by atoms with Crippen LogP contribution in [0, 0.1) is 17.8 Å². The van der Waals surface area contributed by atoms with Crippen molar-refractivity contribution in [3.05, 3.63) is 42.0 Å². The van der Waals surface area contributed by atoms with E-state index in [0.29, 0.717) is 24.8 Å². The highest BCUT2D eigenvalue weighted by Gasteiger charge is 2.46. The Kier molecular flexibility index (Phi) is 3.88. The van der Waals surface area contributed by atoms with Crippen LogP contribution in [-0.4, -0.2) is 24.4 Å². The lowest BCUT2D eigenvalue weighted by atomic mass is 9.88. The average molecular weight is 325 g/mol. The van der Waals surface area contributed by atoms with Crippen molar-refractivity contribution >= 4 is 17.5 Å². The van der Waals surface area contributed by atoms with Gasteiger partial charge in [0.15, 0.2) is 0 Å². The highest BCUT2D eigenvalue weighted by Crippen LogP contribution is 2.42. The van der Waals surface area contributed by atoms with Gasteiger partial charge in [0, 0.05) is 31.2 Å². The molecule has 2 bridgehead atoms. The third kappa shape index (κ3) is 2.63. The molecule has 5 nitrogen and oxygen atoms in total. The molecule has 4 rings (SSSR count). The summed E-state index contributed by atoms with van der Waals surface area (Å²) in [6.07, 6.45) is 6.86. The lowest BCUT2D eigenvalue weighted by molar-refractivity contribution is -0.126. The zero-order chi connectivity index (χ0) is 16.7. The molecular formula is C19H23N3O2. The van der Waals surface area contributed by atoms with E-state index in [1.807, 2.05) is 29.2 Å². The highest BCUT2D eigenvalue weighted by molar-refractivity contribution is 5.95. The molecule has 24 heavy (non-hydrogen) atoms. The van der Waals surface area contributed by atoms with Crippen LogP contribution in [0.4, 0.5) is 5.69 Å². The molecule has 0 spiro atoms. The highest BCUT2D eigenvalue weighted by atomic mass is 16.2. The van der Waals surface area contributed by atoms with Gasteiger partial charge in [-0.2, -0.15) is 0 Å². The molecule has 0 unspecified atom stereocenters. The predicted molar refractivity (Wildman–Crippen MR) is 92.1 cm³/mol. The Hall–Kier alpha value is -2.14. The summed E-state index contributed by atoms with van der Waals surface area (Å²) < 4.78 is 0. The Labute approximate surface area is 141 Å². The molecule has 1 aromatic carbocycles. The number of amides is 2. The van der Waals surface area contributed by atoms with Crippen molar-refractivity contribution < 1.29 is 9.59 Å². The second-order valence-corrected chi connectivity index (χ2v) is 7.08. The van der Waals surface area contributed by atoms with Crippen LogP contribution in [0.15, 0.2) is 36.4 Å². The van der Waals surface area contributed by atoms with E-state index < -0.39 is 0 Å². The third-order valence-corrected chi connectivity index (χ3v) is 5.61. The molecule has 2 amide bonds. The molecular weight excluding hydrogens is 302 g/mol. The van der Waals surface area contributed by atoms with E-state index in [9.17, 15) is 9.59 Å². The van der Waals surface area contributed by atoms with Crippen LogP contribution in [0.25, 0.3) is 0 Å². The van der Waals surface area contributed by atoms with Gasteiger partial charge in [-0.25, -0.2) is 0 Å².